The number of amides is 1. The van der Waals surface area contributed by atoms with Crippen LogP contribution in [0.2, 0.25) is 0 Å². The van der Waals surface area contributed by atoms with Gasteiger partial charge in [-0.2, -0.15) is 9.30 Å². The summed E-state index contributed by atoms with van der Waals surface area (Å²) in [6, 6.07) is 7.30. The fourth-order valence-corrected chi connectivity index (χ4v) is 5.58. The van der Waals surface area contributed by atoms with Crippen molar-refractivity contribution in [2.45, 2.75) is 4.90 Å². The van der Waals surface area contributed by atoms with E-state index in [0.29, 0.717) is 4.70 Å². The van der Waals surface area contributed by atoms with E-state index in [4.69, 9.17) is 9.47 Å². The Hall–Kier alpha value is -2.51. The summed E-state index contributed by atoms with van der Waals surface area (Å²) in [6.45, 7) is 0.736. The molecule has 1 amide bonds. The fraction of sp³-hybridized carbons (Fsp3) is 0.333. The number of carbonyl (C=O) groups is 1. The molecule has 0 saturated heterocycles. The van der Waals surface area contributed by atoms with Crippen molar-refractivity contribution in [1.29, 1.82) is 0 Å². The van der Waals surface area contributed by atoms with Gasteiger partial charge in [0.1, 0.15) is 5.82 Å². The van der Waals surface area contributed by atoms with Crippen molar-refractivity contribution in [1.82, 2.24) is 8.87 Å². The van der Waals surface area contributed by atoms with E-state index in [1.807, 2.05) is 0 Å². The van der Waals surface area contributed by atoms with E-state index < -0.39 is 27.6 Å². The molecule has 0 radical (unpaired) electrons. The summed E-state index contributed by atoms with van der Waals surface area (Å²) in [4.78, 5) is 16.8. The molecule has 3 aromatic rings. The molecule has 0 spiro atoms. The maximum absolute atomic E-state index is 14.1. The molecule has 2 aromatic carbocycles. The van der Waals surface area contributed by atoms with Crippen molar-refractivity contribution in [3.8, 4) is 0 Å². The maximum atomic E-state index is 14.1. The predicted octanol–water partition coefficient (Wildman–Crippen LogP) is 2.54. The van der Waals surface area contributed by atoms with Crippen LogP contribution in [0, 0.1) is 11.6 Å². The second-order valence-corrected chi connectivity index (χ2v) is 9.96. The highest BCUT2D eigenvalue weighted by molar-refractivity contribution is 7.89. The highest BCUT2D eigenvalue weighted by atomic mass is 32.2. The number of hydrogen-bond donors (Lipinski definition) is 0. The largest absolute Gasteiger partial charge is 0.383 e. The number of aryl methyl sites for hydroxylation is 1. The Morgan fingerprint density at radius 2 is 1.70 bits per heavy atom. The van der Waals surface area contributed by atoms with Gasteiger partial charge in [-0.25, -0.2) is 17.2 Å². The summed E-state index contributed by atoms with van der Waals surface area (Å²) in [5.74, 6) is -2.11. The minimum atomic E-state index is -3.83. The molecule has 12 heteroatoms. The topological polar surface area (TPSA) is 90.2 Å². The van der Waals surface area contributed by atoms with Gasteiger partial charge in [0.05, 0.1) is 28.3 Å². The molecular weight excluding hydrogens is 476 g/mol. The van der Waals surface area contributed by atoms with Crippen LogP contribution < -0.4 is 4.80 Å². The zero-order valence-corrected chi connectivity index (χ0v) is 19.9. The molecule has 0 aliphatic carbocycles. The Balaban J connectivity index is 1.89. The summed E-state index contributed by atoms with van der Waals surface area (Å²) in [5.41, 5.74) is 0.292. The van der Waals surface area contributed by atoms with Crippen LogP contribution >= 0.6 is 11.3 Å². The van der Waals surface area contributed by atoms with Crippen LogP contribution in [0.5, 0.6) is 0 Å². The monoisotopic (exact) mass is 499 g/mol. The number of aromatic nitrogens is 1. The van der Waals surface area contributed by atoms with Crippen molar-refractivity contribution in [3.63, 3.8) is 0 Å². The number of fused-ring (bicyclic) bond motifs is 1. The molecule has 1 aromatic heterocycles. The van der Waals surface area contributed by atoms with Crippen LogP contribution in [0.4, 0.5) is 8.78 Å². The van der Waals surface area contributed by atoms with Crippen LogP contribution in [0.1, 0.15) is 10.4 Å². The van der Waals surface area contributed by atoms with Crippen molar-refractivity contribution < 1.29 is 31.5 Å². The summed E-state index contributed by atoms with van der Waals surface area (Å²) in [6.07, 6.45) is 0. The average molecular weight is 500 g/mol. The Labute approximate surface area is 193 Å². The standard InChI is InChI=1S/C21H23F2N3O5S2/c1-25-19-17(23)12-15(22)13-18(19)32-21(25)24-20(27)14-4-6-16(7-5-14)33(28,29)26(8-10-30-2)9-11-31-3/h4-7,12-13H,8-11H2,1-3H3. The zero-order chi connectivity index (χ0) is 24.2. The van der Waals surface area contributed by atoms with Crippen LogP contribution in [0.3, 0.4) is 0 Å². The molecule has 0 atom stereocenters. The predicted molar refractivity (Wildman–Crippen MR) is 120 cm³/mol. The van der Waals surface area contributed by atoms with Crippen LogP contribution in [-0.4, -0.2) is 63.7 Å². The van der Waals surface area contributed by atoms with Gasteiger partial charge in [-0.1, -0.05) is 11.3 Å². The average Bonchev–Trinajstić information content (AvgIpc) is 3.08. The molecule has 1 heterocycles. The molecule has 0 fully saturated rings. The molecule has 0 aliphatic rings. The van der Waals surface area contributed by atoms with Gasteiger partial charge in [0.2, 0.25) is 10.0 Å². The number of halogens is 2. The van der Waals surface area contributed by atoms with E-state index in [-0.39, 0.29) is 47.1 Å². The van der Waals surface area contributed by atoms with E-state index in [1.54, 1.807) is 0 Å². The van der Waals surface area contributed by atoms with E-state index in [0.717, 1.165) is 17.4 Å². The molecule has 0 unspecified atom stereocenters. The number of hydrogen-bond acceptors (Lipinski definition) is 6. The first-order chi connectivity index (χ1) is 15.7. The van der Waals surface area contributed by atoms with E-state index >= 15 is 0 Å². The lowest BCUT2D eigenvalue weighted by Gasteiger charge is -2.21. The molecule has 0 saturated carbocycles. The smallest absolute Gasteiger partial charge is 0.279 e. The molecule has 178 valence electrons. The summed E-state index contributed by atoms with van der Waals surface area (Å²) in [7, 11) is 0.654. The van der Waals surface area contributed by atoms with Crippen molar-refractivity contribution in [2.24, 2.45) is 12.0 Å². The Kier molecular flexibility index (Phi) is 8.08. The summed E-state index contributed by atoms with van der Waals surface area (Å²) < 4.78 is 66.4. The lowest BCUT2D eigenvalue weighted by Crippen LogP contribution is -2.36. The third-order valence-electron chi connectivity index (χ3n) is 4.84. The number of thiazole rings is 1. The van der Waals surface area contributed by atoms with Gasteiger partial charge in [-0.15, -0.1) is 0 Å². The quantitative estimate of drug-likeness (QED) is 0.451. The van der Waals surface area contributed by atoms with Crippen molar-refractivity contribution in [3.05, 3.63) is 58.4 Å². The molecular formula is C21H23F2N3O5S2. The van der Waals surface area contributed by atoms with Gasteiger partial charge in [0.15, 0.2) is 10.6 Å². The highest BCUT2D eigenvalue weighted by Gasteiger charge is 2.24. The SMILES string of the molecule is COCCN(CCOC)S(=O)(=O)c1ccc(C(=O)N=c2sc3cc(F)cc(F)c3n2C)cc1. The maximum Gasteiger partial charge on any atom is 0.279 e. The van der Waals surface area contributed by atoms with Crippen LogP contribution in [-0.2, 0) is 26.5 Å². The van der Waals surface area contributed by atoms with Crippen LogP contribution in [0.25, 0.3) is 10.2 Å². The van der Waals surface area contributed by atoms with E-state index in [9.17, 15) is 22.0 Å². The number of ether oxygens (including phenoxy) is 2. The second kappa shape index (κ2) is 10.6. The molecule has 33 heavy (non-hydrogen) atoms. The normalized spacial score (nSPS) is 12.7. The number of carbonyl (C=O) groups excluding carboxylic acids is 1. The lowest BCUT2D eigenvalue weighted by atomic mass is 10.2. The third-order valence-corrected chi connectivity index (χ3v) is 7.83. The molecule has 3 rings (SSSR count). The number of sulfonamides is 1. The zero-order valence-electron chi connectivity index (χ0n) is 18.2. The van der Waals surface area contributed by atoms with Gasteiger partial charge in [-0.3, -0.25) is 4.79 Å². The lowest BCUT2D eigenvalue weighted by molar-refractivity contribution is 0.0998. The van der Waals surface area contributed by atoms with E-state index in [1.165, 1.54) is 60.5 Å². The summed E-state index contributed by atoms with van der Waals surface area (Å²) >= 11 is 0.971. The number of rotatable bonds is 9. The minimum absolute atomic E-state index is 0.0104. The van der Waals surface area contributed by atoms with Crippen molar-refractivity contribution >= 4 is 37.5 Å². The fourth-order valence-electron chi connectivity index (χ4n) is 3.11. The first kappa shape index (κ1) is 25.1. The Morgan fingerprint density at radius 3 is 2.27 bits per heavy atom. The molecule has 8 nitrogen and oxygen atoms in total. The Morgan fingerprint density at radius 1 is 1.09 bits per heavy atom. The number of nitrogens with zero attached hydrogens (tertiary/aromatic N) is 3. The van der Waals surface area contributed by atoms with Gasteiger partial charge in [0, 0.05) is 46.0 Å². The minimum Gasteiger partial charge on any atom is -0.383 e. The molecule has 0 bridgehead atoms. The van der Waals surface area contributed by atoms with Gasteiger partial charge in [0.25, 0.3) is 5.91 Å². The van der Waals surface area contributed by atoms with Crippen molar-refractivity contribution in [2.75, 3.05) is 40.5 Å². The molecule has 0 N–H and O–H groups in total. The first-order valence-electron chi connectivity index (χ1n) is 9.80. The Bertz CT molecular complexity index is 1310. The van der Waals surface area contributed by atoms with Gasteiger partial charge in [-0.05, 0) is 30.3 Å². The number of methoxy groups -OCH3 is 2. The third kappa shape index (κ3) is 5.53. The highest BCUT2D eigenvalue weighted by Crippen LogP contribution is 2.22. The van der Waals surface area contributed by atoms with Gasteiger partial charge >= 0.3 is 0 Å². The first-order valence-corrected chi connectivity index (χ1v) is 12.1. The number of benzene rings is 2. The van der Waals surface area contributed by atoms with E-state index in [2.05, 4.69) is 4.99 Å². The van der Waals surface area contributed by atoms with Crippen LogP contribution in [0.15, 0.2) is 46.3 Å². The second-order valence-electron chi connectivity index (χ2n) is 7.01. The van der Waals surface area contributed by atoms with Gasteiger partial charge < -0.3 is 14.0 Å². The molecule has 0 aliphatic heterocycles. The summed E-state index contributed by atoms with van der Waals surface area (Å²) in [5, 5.41) is 0.